The standard InChI is InChI=1S/C25H26N2O4S/c1-31-25(30)19-12-20-22(32-23(26-20)17-8-6-15(14-28)7-9-17)13-21(19)27-11-10-16-4-2-3-5-18(16)24(27)29/h2-5,12-13,15,17,28H,6-11,14H2,1H3. The Bertz CT molecular complexity index is 1180. The van der Waals surface area contributed by atoms with E-state index in [0.29, 0.717) is 35.2 Å². The zero-order valence-corrected chi connectivity index (χ0v) is 18.9. The number of anilines is 1. The van der Waals surface area contributed by atoms with Gasteiger partial charge in [0.15, 0.2) is 0 Å². The van der Waals surface area contributed by atoms with Crippen LogP contribution in [-0.4, -0.2) is 42.2 Å². The molecule has 0 spiro atoms. The van der Waals surface area contributed by atoms with E-state index in [9.17, 15) is 14.7 Å². The number of benzene rings is 2. The van der Waals surface area contributed by atoms with Gasteiger partial charge in [-0.2, -0.15) is 0 Å². The Morgan fingerprint density at radius 1 is 1.22 bits per heavy atom. The molecule has 2 heterocycles. The van der Waals surface area contributed by atoms with Gasteiger partial charge in [-0.3, -0.25) is 4.79 Å². The summed E-state index contributed by atoms with van der Waals surface area (Å²) in [5, 5.41) is 10.5. The first-order valence-electron chi connectivity index (χ1n) is 11.1. The van der Waals surface area contributed by atoms with E-state index in [1.807, 2.05) is 30.3 Å². The molecule has 0 atom stereocenters. The molecule has 1 aliphatic carbocycles. The van der Waals surface area contributed by atoms with Crippen molar-refractivity contribution in [2.24, 2.45) is 5.92 Å². The van der Waals surface area contributed by atoms with Crippen molar-refractivity contribution in [3.63, 3.8) is 0 Å². The molecule has 5 rings (SSSR count). The van der Waals surface area contributed by atoms with Gasteiger partial charge >= 0.3 is 5.97 Å². The maximum absolute atomic E-state index is 13.3. The highest BCUT2D eigenvalue weighted by Gasteiger charge is 2.30. The number of aromatic nitrogens is 1. The Morgan fingerprint density at radius 2 is 2.00 bits per heavy atom. The molecule has 1 aliphatic heterocycles. The summed E-state index contributed by atoms with van der Waals surface area (Å²) in [4.78, 5) is 32.5. The first kappa shape index (κ1) is 21.1. The van der Waals surface area contributed by atoms with E-state index >= 15 is 0 Å². The van der Waals surface area contributed by atoms with Crippen LogP contribution < -0.4 is 4.90 Å². The lowest BCUT2D eigenvalue weighted by Crippen LogP contribution is -2.38. The molecule has 0 unspecified atom stereocenters. The number of hydrogen-bond donors (Lipinski definition) is 1. The van der Waals surface area contributed by atoms with Crippen molar-refractivity contribution < 1.29 is 19.4 Å². The second kappa shape index (κ2) is 8.64. The van der Waals surface area contributed by atoms with E-state index in [1.54, 1.807) is 22.3 Å². The molecule has 2 aromatic carbocycles. The monoisotopic (exact) mass is 450 g/mol. The number of amides is 1. The van der Waals surface area contributed by atoms with Gasteiger partial charge in [0.25, 0.3) is 5.91 Å². The van der Waals surface area contributed by atoms with Gasteiger partial charge in [-0.05, 0) is 61.8 Å². The van der Waals surface area contributed by atoms with Gasteiger partial charge in [-0.25, -0.2) is 9.78 Å². The summed E-state index contributed by atoms with van der Waals surface area (Å²) in [6, 6.07) is 11.3. The molecule has 7 heteroatoms. The summed E-state index contributed by atoms with van der Waals surface area (Å²) in [7, 11) is 1.36. The van der Waals surface area contributed by atoms with E-state index < -0.39 is 5.97 Å². The van der Waals surface area contributed by atoms with Crippen molar-refractivity contribution in [1.82, 2.24) is 4.98 Å². The summed E-state index contributed by atoms with van der Waals surface area (Å²) in [5.41, 5.74) is 3.44. The van der Waals surface area contributed by atoms with Crippen molar-refractivity contribution in [1.29, 1.82) is 0 Å². The second-order valence-corrected chi connectivity index (χ2v) is 9.71. The number of nitrogens with zero attached hydrogens (tertiary/aromatic N) is 2. The van der Waals surface area contributed by atoms with Gasteiger partial charge in [0, 0.05) is 24.6 Å². The van der Waals surface area contributed by atoms with E-state index in [2.05, 4.69) is 0 Å². The van der Waals surface area contributed by atoms with Crippen molar-refractivity contribution in [2.45, 2.75) is 38.0 Å². The molecule has 2 aliphatic rings. The highest BCUT2D eigenvalue weighted by Crippen LogP contribution is 2.40. The van der Waals surface area contributed by atoms with Gasteiger partial charge in [-0.1, -0.05) is 18.2 Å². The number of rotatable bonds is 4. The fraction of sp³-hybridized carbons (Fsp3) is 0.400. The zero-order valence-electron chi connectivity index (χ0n) is 18.0. The van der Waals surface area contributed by atoms with Crippen LogP contribution in [0.1, 0.15) is 62.9 Å². The van der Waals surface area contributed by atoms with E-state index in [0.717, 1.165) is 52.9 Å². The molecule has 3 aromatic rings. The number of esters is 1. The van der Waals surface area contributed by atoms with Crippen molar-refractivity contribution in [3.05, 3.63) is 58.1 Å². The number of fused-ring (bicyclic) bond motifs is 2. The number of aliphatic hydroxyl groups is 1. The Labute approximate surface area is 190 Å². The van der Waals surface area contributed by atoms with Crippen molar-refractivity contribution >= 4 is 39.1 Å². The van der Waals surface area contributed by atoms with Crippen LogP contribution in [0.15, 0.2) is 36.4 Å². The summed E-state index contributed by atoms with van der Waals surface area (Å²) in [5.74, 6) is 0.213. The van der Waals surface area contributed by atoms with Crippen LogP contribution in [-0.2, 0) is 11.2 Å². The highest BCUT2D eigenvalue weighted by atomic mass is 32.1. The lowest BCUT2D eigenvalue weighted by Gasteiger charge is -2.29. The smallest absolute Gasteiger partial charge is 0.340 e. The minimum atomic E-state index is -0.466. The summed E-state index contributed by atoms with van der Waals surface area (Å²) in [6.45, 7) is 0.771. The van der Waals surface area contributed by atoms with Crippen molar-refractivity contribution in [3.8, 4) is 0 Å². The number of carbonyl (C=O) groups is 2. The van der Waals surface area contributed by atoms with Crippen LogP contribution in [0.2, 0.25) is 0 Å². The molecule has 1 fully saturated rings. The molecule has 1 amide bonds. The summed E-state index contributed by atoms with van der Waals surface area (Å²) >= 11 is 1.64. The average molecular weight is 451 g/mol. The maximum atomic E-state index is 13.3. The predicted octanol–water partition coefficient (Wildman–Crippen LogP) is 4.55. The number of hydrogen-bond acceptors (Lipinski definition) is 6. The molecule has 32 heavy (non-hydrogen) atoms. The maximum Gasteiger partial charge on any atom is 0.340 e. The molecule has 1 saturated carbocycles. The Balaban J connectivity index is 1.53. The van der Waals surface area contributed by atoms with Gasteiger partial charge in [0.1, 0.15) is 0 Å². The summed E-state index contributed by atoms with van der Waals surface area (Å²) < 4.78 is 6.01. The molecular weight excluding hydrogens is 424 g/mol. The number of carbonyl (C=O) groups excluding carboxylic acids is 2. The predicted molar refractivity (Wildman–Crippen MR) is 125 cm³/mol. The largest absolute Gasteiger partial charge is 0.465 e. The Morgan fingerprint density at radius 3 is 2.75 bits per heavy atom. The highest BCUT2D eigenvalue weighted by molar-refractivity contribution is 7.18. The lowest BCUT2D eigenvalue weighted by molar-refractivity contribution is 0.0601. The molecule has 6 nitrogen and oxygen atoms in total. The molecule has 0 radical (unpaired) electrons. The number of aliphatic hydroxyl groups excluding tert-OH is 1. The van der Waals surface area contributed by atoms with Gasteiger partial charge in [0.2, 0.25) is 0 Å². The number of methoxy groups -OCH3 is 1. The fourth-order valence-corrected chi connectivity index (χ4v) is 6.05. The quantitative estimate of drug-likeness (QED) is 0.590. The third kappa shape index (κ3) is 3.69. The third-order valence-corrected chi connectivity index (χ3v) is 7.95. The Kier molecular flexibility index (Phi) is 5.69. The molecule has 1 aromatic heterocycles. The van der Waals surface area contributed by atoms with Crippen LogP contribution in [0.3, 0.4) is 0 Å². The topological polar surface area (TPSA) is 79.7 Å². The first-order chi connectivity index (χ1) is 15.6. The van der Waals surface area contributed by atoms with Gasteiger partial charge < -0.3 is 14.7 Å². The number of ether oxygens (including phenoxy) is 1. The third-order valence-electron chi connectivity index (χ3n) is 6.77. The number of thiazole rings is 1. The molecule has 1 N–H and O–H groups in total. The minimum Gasteiger partial charge on any atom is -0.465 e. The van der Waals surface area contributed by atoms with Crippen LogP contribution >= 0.6 is 11.3 Å². The van der Waals surface area contributed by atoms with Crippen LogP contribution in [0.4, 0.5) is 5.69 Å². The van der Waals surface area contributed by atoms with E-state index in [1.165, 1.54) is 7.11 Å². The molecule has 166 valence electrons. The van der Waals surface area contributed by atoms with Gasteiger partial charge in [0.05, 0.1) is 33.6 Å². The normalized spacial score (nSPS) is 20.9. The molecular formula is C25H26N2O4S. The SMILES string of the molecule is COC(=O)c1cc2nc(C3CCC(CO)CC3)sc2cc1N1CCc2ccccc2C1=O. The van der Waals surface area contributed by atoms with Crippen molar-refractivity contribution in [2.75, 3.05) is 25.2 Å². The van der Waals surface area contributed by atoms with E-state index in [-0.39, 0.29) is 12.5 Å². The molecule has 0 saturated heterocycles. The summed E-state index contributed by atoms with van der Waals surface area (Å²) in [6.07, 6.45) is 4.80. The van der Waals surface area contributed by atoms with Gasteiger partial charge in [-0.15, -0.1) is 11.3 Å². The van der Waals surface area contributed by atoms with Crippen LogP contribution in [0.5, 0.6) is 0 Å². The van der Waals surface area contributed by atoms with Crippen LogP contribution in [0, 0.1) is 5.92 Å². The first-order valence-corrected chi connectivity index (χ1v) is 11.9. The Hall–Kier alpha value is -2.77. The second-order valence-electron chi connectivity index (χ2n) is 8.64. The van der Waals surface area contributed by atoms with E-state index in [4.69, 9.17) is 9.72 Å². The average Bonchev–Trinajstić information content (AvgIpc) is 3.26. The lowest BCUT2D eigenvalue weighted by atomic mass is 9.83. The minimum absolute atomic E-state index is 0.0941. The van der Waals surface area contributed by atoms with Crippen LogP contribution in [0.25, 0.3) is 10.2 Å². The molecule has 0 bridgehead atoms. The fourth-order valence-electron chi connectivity index (χ4n) is 4.90. The zero-order chi connectivity index (χ0) is 22.2.